The van der Waals surface area contributed by atoms with Gasteiger partial charge in [-0.1, -0.05) is 183 Å². The Hall–Kier alpha value is -10.7. The summed E-state index contributed by atoms with van der Waals surface area (Å²) >= 11 is 0. The lowest BCUT2D eigenvalue weighted by molar-refractivity contribution is 0.583. The monoisotopic (exact) mass is 1130 g/mol. The lowest BCUT2D eigenvalue weighted by atomic mass is 9.67. The molecule has 414 valence electrons. The Kier molecular flexibility index (Phi) is 13.1. The molecule has 2 aliphatic carbocycles. The van der Waals surface area contributed by atoms with Crippen LogP contribution in [0.2, 0.25) is 0 Å². The van der Waals surface area contributed by atoms with Gasteiger partial charge in [-0.2, -0.15) is 0 Å². The molecule has 0 aliphatic heterocycles. The Labute approximate surface area is 494 Å². The summed E-state index contributed by atoms with van der Waals surface area (Å²) in [5.74, 6) is -3.71. The van der Waals surface area contributed by atoms with Gasteiger partial charge in [0, 0.05) is 34.9 Å². The average Bonchev–Trinajstić information content (AvgIpc) is 1.55. The van der Waals surface area contributed by atoms with Crippen LogP contribution >= 0.6 is 0 Å². The van der Waals surface area contributed by atoms with E-state index < -0.39 is 34.1 Å². The van der Waals surface area contributed by atoms with Crippen LogP contribution in [0.3, 0.4) is 0 Å². The standard InChI is InChI=1S/C78H50F6N2/c1-3-49-13-21-53(22-14-49)77(55-25-29-57(79)30-26-55)69-11-7-5-9-65(69)67-41-39-63(47-71(67)77)85(75-43-33-59(81)45-73(75)83)61-35-17-51(18-36-61)52-19-37-62(38-20-52)86(76-44-34-60(82)46-74(76)84)64-40-42-68-66-10-6-8-12-70(66)78(72(68)48-64,56-27-31-58(80)32-28-56)54-23-15-50(4-2)16-24-54/h3-48H,1-2H2. The minimum absolute atomic E-state index is 0.116. The highest BCUT2D eigenvalue weighted by molar-refractivity contribution is 5.92. The molecule has 8 heteroatoms. The molecule has 86 heavy (non-hydrogen) atoms. The van der Waals surface area contributed by atoms with Gasteiger partial charge in [-0.15, -0.1) is 0 Å². The van der Waals surface area contributed by atoms with Crippen LogP contribution < -0.4 is 9.80 Å². The fourth-order valence-corrected chi connectivity index (χ4v) is 13.3. The van der Waals surface area contributed by atoms with Crippen molar-refractivity contribution in [1.29, 1.82) is 0 Å². The highest BCUT2D eigenvalue weighted by atomic mass is 19.2. The van der Waals surface area contributed by atoms with Gasteiger partial charge in [0.2, 0.25) is 0 Å². The quantitative estimate of drug-likeness (QED) is 0.106. The predicted octanol–water partition coefficient (Wildman–Crippen LogP) is 21.1. The largest absolute Gasteiger partial charge is 0.308 e. The Morgan fingerprint density at radius 3 is 0.942 bits per heavy atom. The zero-order valence-corrected chi connectivity index (χ0v) is 46.1. The molecule has 0 heterocycles. The average molecular weight is 1130 g/mol. The molecule has 0 aromatic heterocycles. The van der Waals surface area contributed by atoms with Crippen LogP contribution in [0.5, 0.6) is 0 Å². The van der Waals surface area contributed by atoms with Crippen LogP contribution in [0.15, 0.2) is 280 Å². The third-order valence-corrected chi connectivity index (χ3v) is 17.2. The number of anilines is 6. The maximum atomic E-state index is 16.5. The van der Waals surface area contributed by atoms with Gasteiger partial charge in [0.05, 0.1) is 22.2 Å². The van der Waals surface area contributed by atoms with Gasteiger partial charge < -0.3 is 9.80 Å². The minimum atomic E-state index is -0.935. The number of benzene rings is 12. The number of nitrogens with zero attached hydrogens (tertiary/aromatic N) is 2. The van der Waals surface area contributed by atoms with Gasteiger partial charge in [-0.25, -0.2) is 26.3 Å². The van der Waals surface area contributed by atoms with Gasteiger partial charge in [0.1, 0.15) is 34.9 Å². The van der Waals surface area contributed by atoms with Crippen LogP contribution in [-0.4, -0.2) is 0 Å². The predicted molar refractivity (Wildman–Crippen MR) is 336 cm³/mol. The van der Waals surface area contributed by atoms with Crippen LogP contribution in [0, 0.1) is 34.9 Å². The van der Waals surface area contributed by atoms with Gasteiger partial charge in [0.15, 0.2) is 0 Å². The summed E-state index contributed by atoms with van der Waals surface area (Å²) in [4.78, 5) is 3.54. The van der Waals surface area contributed by atoms with E-state index in [-0.39, 0.29) is 23.0 Å². The molecule has 14 rings (SSSR count). The normalized spacial score (nSPS) is 15.3. The molecule has 0 saturated carbocycles. The van der Waals surface area contributed by atoms with E-state index in [1.807, 2.05) is 158 Å². The molecule has 2 aliphatic rings. The first-order chi connectivity index (χ1) is 42.0. The number of fused-ring (bicyclic) bond motifs is 6. The van der Waals surface area contributed by atoms with E-state index in [0.29, 0.717) is 22.7 Å². The molecule has 2 nitrogen and oxygen atoms in total. The number of halogens is 6. The van der Waals surface area contributed by atoms with Gasteiger partial charge in [0.25, 0.3) is 0 Å². The second-order valence-corrected chi connectivity index (χ2v) is 21.7. The second-order valence-electron chi connectivity index (χ2n) is 21.7. The SMILES string of the molecule is C=Cc1ccc(C2(c3ccc(F)cc3)c3ccccc3-c3ccc(N(c4ccc(-c5ccc(N(c6ccc7c(c6)C(c6ccc(F)cc6)(c6ccc(C=C)cc6)c6ccccc6-7)c6ccc(F)cc6F)cc5)cc4)c4ccc(F)cc4F)cc32)cc1. The molecular formula is C78H50F6N2. The molecule has 0 fully saturated rings. The zero-order valence-electron chi connectivity index (χ0n) is 46.1. The fourth-order valence-electron chi connectivity index (χ4n) is 13.3. The minimum Gasteiger partial charge on any atom is -0.308 e. The Balaban J connectivity index is 0.873. The Bertz CT molecular complexity index is 4320. The third kappa shape index (κ3) is 8.58. The van der Waals surface area contributed by atoms with Crippen LogP contribution in [0.1, 0.15) is 55.6 Å². The van der Waals surface area contributed by atoms with Crippen molar-refractivity contribution in [2.45, 2.75) is 10.8 Å². The molecule has 12 aromatic carbocycles. The fraction of sp³-hybridized carbons (Fsp3) is 0.0256. The molecule has 0 amide bonds. The molecular weight excluding hydrogens is 1080 g/mol. The first-order valence-electron chi connectivity index (χ1n) is 28.2. The topological polar surface area (TPSA) is 6.48 Å². The second kappa shape index (κ2) is 21.2. The molecule has 0 spiro atoms. The van der Waals surface area contributed by atoms with Crippen molar-refractivity contribution in [2.24, 2.45) is 0 Å². The summed E-state index contributed by atoms with van der Waals surface area (Å²) in [6, 6.07) is 80.2. The first-order valence-corrected chi connectivity index (χ1v) is 28.2. The van der Waals surface area contributed by atoms with Crippen molar-refractivity contribution in [3.63, 3.8) is 0 Å². The van der Waals surface area contributed by atoms with Crippen LogP contribution in [-0.2, 0) is 10.8 Å². The number of hydrogen-bond donors (Lipinski definition) is 0. The molecule has 0 bridgehead atoms. The van der Waals surface area contributed by atoms with Gasteiger partial charge in [-0.3, -0.25) is 0 Å². The highest BCUT2D eigenvalue weighted by Crippen LogP contribution is 2.59. The van der Waals surface area contributed by atoms with Crippen molar-refractivity contribution in [2.75, 3.05) is 9.80 Å². The summed E-state index contributed by atoms with van der Waals surface area (Å²) in [7, 11) is 0. The first kappa shape index (κ1) is 53.3. The molecule has 0 saturated heterocycles. The highest BCUT2D eigenvalue weighted by Gasteiger charge is 2.48. The lowest BCUT2D eigenvalue weighted by Gasteiger charge is -2.35. The number of hydrogen-bond acceptors (Lipinski definition) is 2. The van der Waals surface area contributed by atoms with E-state index in [1.54, 1.807) is 22.0 Å². The van der Waals surface area contributed by atoms with E-state index in [9.17, 15) is 17.6 Å². The summed E-state index contributed by atoms with van der Waals surface area (Å²) in [6.45, 7) is 7.96. The van der Waals surface area contributed by atoms with E-state index in [0.717, 1.165) is 101 Å². The summed E-state index contributed by atoms with van der Waals surface area (Å²) in [5.41, 5.74) is 15.4. The van der Waals surface area contributed by atoms with E-state index in [4.69, 9.17) is 0 Å². The molecule has 0 N–H and O–H groups in total. The lowest BCUT2D eigenvalue weighted by Crippen LogP contribution is -2.29. The van der Waals surface area contributed by atoms with E-state index >= 15 is 8.78 Å². The Morgan fingerprint density at radius 1 is 0.279 bits per heavy atom. The molecule has 2 atom stereocenters. The van der Waals surface area contributed by atoms with Crippen LogP contribution in [0.25, 0.3) is 45.5 Å². The van der Waals surface area contributed by atoms with Crippen molar-refractivity contribution >= 4 is 46.3 Å². The van der Waals surface area contributed by atoms with Crippen molar-refractivity contribution in [3.05, 3.63) is 371 Å². The summed E-state index contributed by atoms with van der Waals surface area (Å²) < 4.78 is 92.2. The van der Waals surface area contributed by atoms with E-state index in [2.05, 4.69) is 61.7 Å². The summed E-state index contributed by atoms with van der Waals surface area (Å²) in [6.07, 6.45) is 3.57. The molecule has 12 aromatic rings. The van der Waals surface area contributed by atoms with Gasteiger partial charge >= 0.3 is 0 Å². The maximum absolute atomic E-state index is 16.5. The molecule has 0 radical (unpaired) electrons. The third-order valence-electron chi connectivity index (χ3n) is 17.2. The van der Waals surface area contributed by atoms with Crippen molar-refractivity contribution in [3.8, 4) is 33.4 Å². The maximum Gasteiger partial charge on any atom is 0.150 e. The molecule has 2 unspecified atom stereocenters. The van der Waals surface area contributed by atoms with Crippen molar-refractivity contribution in [1.82, 2.24) is 0 Å². The Morgan fingerprint density at radius 2 is 0.593 bits per heavy atom. The smallest absolute Gasteiger partial charge is 0.150 e. The van der Waals surface area contributed by atoms with E-state index in [1.165, 1.54) is 48.5 Å². The summed E-state index contributed by atoms with van der Waals surface area (Å²) in [5, 5.41) is 0. The zero-order chi connectivity index (χ0) is 58.8. The van der Waals surface area contributed by atoms with Crippen molar-refractivity contribution < 1.29 is 26.3 Å². The number of rotatable bonds is 13. The van der Waals surface area contributed by atoms with Crippen LogP contribution in [0.4, 0.5) is 60.5 Å². The van der Waals surface area contributed by atoms with Gasteiger partial charge in [-0.05, 0) is 186 Å².